The van der Waals surface area contributed by atoms with Gasteiger partial charge in [-0.05, 0) is 48.9 Å². The van der Waals surface area contributed by atoms with E-state index in [0.29, 0.717) is 0 Å². The average molecular weight is 403 g/mol. The minimum absolute atomic E-state index is 0.268. The molecule has 1 atom stereocenters. The highest BCUT2D eigenvalue weighted by atomic mass is 79.9. The van der Waals surface area contributed by atoms with Gasteiger partial charge in [-0.15, -0.1) is 11.3 Å². The second-order valence-electron chi connectivity index (χ2n) is 4.35. The van der Waals surface area contributed by atoms with Gasteiger partial charge >= 0.3 is 0 Å². The molecule has 1 aromatic heterocycles. The van der Waals surface area contributed by atoms with Crippen LogP contribution in [-0.4, -0.2) is 6.54 Å². The van der Waals surface area contributed by atoms with Gasteiger partial charge in [-0.25, -0.2) is 0 Å². The van der Waals surface area contributed by atoms with Crippen molar-refractivity contribution in [3.8, 4) is 0 Å². The second kappa shape index (κ2) is 7.02. The van der Waals surface area contributed by atoms with E-state index in [1.165, 1.54) is 15.3 Å². The summed E-state index contributed by atoms with van der Waals surface area (Å²) in [5, 5.41) is 3.58. The summed E-state index contributed by atoms with van der Waals surface area (Å²) >= 11 is 9.03. The number of nitrogens with one attached hydrogen (secondary N) is 1. The van der Waals surface area contributed by atoms with Gasteiger partial charge in [0.25, 0.3) is 0 Å². The minimum atomic E-state index is 0.268. The smallest absolute Gasteiger partial charge is 0.0671 e. The van der Waals surface area contributed by atoms with Crippen molar-refractivity contribution >= 4 is 43.2 Å². The Kier molecular flexibility index (Phi) is 5.63. The van der Waals surface area contributed by atoms with E-state index in [2.05, 4.69) is 81.4 Å². The van der Waals surface area contributed by atoms with E-state index in [9.17, 15) is 0 Å². The van der Waals surface area contributed by atoms with E-state index in [1.807, 2.05) is 11.3 Å². The molecule has 19 heavy (non-hydrogen) atoms. The van der Waals surface area contributed by atoms with Crippen LogP contribution < -0.4 is 5.32 Å². The first kappa shape index (κ1) is 15.2. The number of benzene rings is 1. The van der Waals surface area contributed by atoms with Crippen LogP contribution in [0.2, 0.25) is 0 Å². The topological polar surface area (TPSA) is 12.0 Å². The summed E-state index contributed by atoms with van der Waals surface area (Å²) in [7, 11) is 0. The highest BCUT2D eigenvalue weighted by Crippen LogP contribution is 2.32. The van der Waals surface area contributed by atoms with E-state index in [0.717, 1.165) is 21.9 Å². The molecule has 0 saturated heterocycles. The van der Waals surface area contributed by atoms with Crippen LogP contribution in [0.5, 0.6) is 0 Å². The molecule has 0 aliphatic heterocycles. The lowest BCUT2D eigenvalue weighted by Crippen LogP contribution is -2.21. The van der Waals surface area contributed by atoms with E-state index in [1.54, 1.807) is 0 Å². The third kappa shape index (κ3) is 3.91. The van der Waals surface area contributed by atoms with Crippen LogP contribution in [-0.2, 0) is 6.42 Å². The molecule has 1 N–H and O–H groups in total. The Morgan fingerprint density at radius 2 is 1.79 bits per heavy atom. The van der Waals surface area contributed by atoms with Crippen molar-refractivity contribution in [1.82, 2.24) is 5.32 Å². The normalized spacial score (nSPS) is 12.6. The van der Waals surface area contributed by atoms with Gasteiger partial charge in [0.15, 0.2) is 0 Å². The maximum Gasteiger partial charge on any atom is 0.0671 e. The highest BCUT2D eigenvalue weighted by molar-refractivity contribution is 9.11. The predicted octanol–water partition coefficient (Wildman–Crippen LogP) is 5.53. The van der Waals surface area contributed by atoms with Crippen molar-refractivity contribution in [1.29, 1.82) is 0 Å². The fraction of sp³-hybridized carbons (Fsp3) is 0.333. The number of hydrogen-bond donors (Lipinski definition) is 1. The summed E-state index contributed by atoms with van der Waals surface area (Å²) < 4.78 is 2.21. The first-order valence-corrected chi connectivity index (χ1v) is 8.82. The van der Waals surface area contributed by atoms with Gasteiger partial charge in [0.2, 0.25) is 0 Å². The summed E-state index contributed by atoms with van der Waals surface area (Å²) in [5.41, 5.74) is 1.28. The Labute approximate surface area is 135 Å². The molecule has 0 aliphatic carbocycles. The quantitative estimate of drug-likeness (QED) is 0.692. The summed E-state index contributed by atoms with van der Waals surface area (Å²) in [5.74, 6) is 0. The Balaban J connectivity index is 2.38. The Morgan fingerprint density at radius 3 is 2.32 bits per heavy atom. The third-order valence-electron chi connectivity index (χ3n) is 2.94. The number of halogens is 2. The largest absolute Gasteiger partial charge is 0.306 e. The zero-order valence-electron chi connectivity index (χ0n) is 11.0. The molecule has 2 rings (SSSR count). The fourth-order valence-corrected chi connectivity index (χ4v) is 4.45. The van der Waals surface area contributed by atoms with Crippen molar-refractivity contribution in [2.45, 2.75) is 26.3 Å². The lowest BCUT2D eigenvalue weighted by molar-refractivity contribution is 0.639. The summed E-state index contributed by atoms with van der Waals surface area (Å²) in [6.07, 6.45) is 1.10. The van der Waals surface area contributed by atoms with E-state index in [-0.39, 0.29) is 6.04 Å². The third-order valence-corrected chi connectivity index (χ3v) is 5.15. The molecule has 1 aromatic carbocycles. The van der Waals surface area contributed by atoms with Gasteiger partial charge in [0, 0.05) is 18.7 Å². The molecule has 102 valence electrons. The van der Waals surface area contributed by atoms with Crippen LogP contribution in [0.3, 0.4) is 0 Å². The number of thiophene rings is 1. The molecular weight excluding hydrogens is 386 g/mol. The molecule has 0 aliphatic rings. The van der Waals surface area contributed by atoms with Crippen LogP contribution in [0.4, 0.5) is 0 Å². The van der Waals surface area contributed by atoms with Gasteiger partial charge in [0.1, 0.15) is 0 Å². The highest BCUT2D eigenvalue weighted by Gasteiger charge is 2.16. The lowest BCUT2D eigenvalue weighted by atomic mass is 10.1. The molecule has 0 amide bonds. The molecule has 1 heterocycles. The Morgan fingerprint density at radius 1 is 1.11 bits per heavy atom. The standard InChI is InChI=1S/C15H17Br2NS/c1-3-13-5-6-14(19-13)15(18-4-2)10-7-11(16)9-12(17)8-10/h5-9,15,18H,3-4H2,1-2H3. The molecule has 0 spiro atoms. The van der Waals surface area contributed by atoms with E-state index in [4.69, 9.17) is 0 Å². The van der Waals surface area contributed by atoms with Crippen molar-refractivity contribution in [3.05, 3.63) is 54.6 Å². The first-order chi connectivity index (χ1) is 9.13. The fourth-order valence-electron chi connectivity index (χ4n) is 2.07. The molecule has 0 radical (unpaired) electrons. The van der Waals surface area contributed by atoms with Gasteiger partial charge < -0.3 is 5.32 Å². The average Bonchev–Trinajstić information content (AvgIpc) is 2.83. The predicted molar refractivity (Wildman–Crippen MR) is 91.1 cm³/mol. The monoisotopic (exact) mass is 401 g/mol. The molecule has 2 aromatic rings. The number of hydrogen-bond acceptors (Lipinski definition) is 2. The zero-order valence-corrected chi connectivity index (χ0v) is 15.0. The van der Waals surface area contributed by atoms with E-state index >= 15 is 0 Å². The Bertz CT molecular complexity index is 531. The van der Waals surface area contributed by atoms with E-state index < -0.39 is 0 Å². The van der Waals surface area contributed by atoms with Gasteiger partial charge in [-0.3, -0.25) is 0 Å². The summed E-state index contributed by atoms with van der Waals surface area (Å²) in [6, 6.07) is 11.2. The van der Waals surface area contributed by atoms with Crippen molar-refractivity contribution in [3.63, 3.8) is 0 Å². The number of rotatable bonds is 5. The van der Waals surface area contributed by atoms with Crippen LogP contribution in [0.15, 0.2) is 39.3 Å². The molecule has 0 bridgehead atoms. The maximum atomic E-state index is 3.58. The molecule has 4 heteroatoms. The molecular formula is C15H17Br2NS. The SMILES string of the molecule is CCNC(c1cc(Br)cc(Br)c1)c1ccc(CC)s1. The first-order valence-electron chi connectivity index (χ1n) is 6.42. The minimum Gasteiger partial charge on any atom is -0.306 e. The van der Waals surface area contributed by atoms with Gasteiger partial charge in [-0.2, -0.15) is 0 Å². The van der Waals surface area contributed by atoms with Crippen LogP contribution in [0, 0.1) is 0 Å². The van der Waals surface area contributed by atoms with Crippen LogP contribution in [0.25, 0.3) is 0 Å². The van der Waals surface area contributed by atoms with Crippen molar-refractivity contribution in [2.75, 3.05) is 6.54 Å². The van der Waals surface area contributed by atoms with Crippen molar-refractivity contribution < 1.29 is 0 Å². The van der Waals surface area contributed by atoms with Crippen molar-refractivity contribution in [2.24, 2.45) is 0 Å². The van der Waals surface area contributed by atoms with Gasteiger partial charge in [-0.1, -0.05) is 45.7 Å². The van der Waals surface area contributed by atoms with Crippen LogP contribution in [0.1, 0.15) is 35.2 Å². The van der Waals surface area contributed by atoms with Gasteiger partial charge in [0.05, 0.1) is 6.04 Å². The lowest BCUT2D eigenvalue weighted by Gasteiger charge is -2.17. The maximum absolute atomic E-state index is 3.58. The second-order valence-corrected chi connectivity index (χ2v) is 7.38. The zero-order chi connectivity index (χ0) is 13.8. The molecule has 1 nitrogen and oxygen atoms in total. The Hall–Kier alpha value is -0.160. The van der Waals surface area contributed by atoms with Crippen LogP contribution >= 0.6 is 43.2 Å². The molecule has 1 unspecified atom stereocenters. The summed E-state index contributed by atoms with van der Waals surface area (Å²) in [4.78, 5) is 2.82. The molecule has 0 saturated carbocycles. The molecule has 0 fully saturated rings. The number of aryl methyl sites for hydroxylation is 1. The summed E-state index contributed by atoms with van der Waals surface area (Å²) in [6.45, 7) is 5.30.